The fourth-order valence-corrected chi connectivity index (χ4v) is 3.72. The second-order valence-electron chi connectivity index (χ2n) is 7.93. The number of furan rings is 1. The molecule has 148 valence electrons. The summed E-state index contributed by atoms with van der Waals surface area (Å²) >= 11 is 0. The first-order chi connectivity index (χ1) is 12.4. The molecule has 1 aromatic rings. The minimum Gasteiger partial charge on any atom is -0.466 e. The predicted molar refractivity (Wildman–Crippen MR) is 106 cm³/mol. The van der Waals surface area contributed by atoms with E-state index in [0.29, 0.717) is 5.76 Å². The first kappa shape index (κ1) is 20.8. The van der Waals surface area contributed by atoms with Gasteiger partial charge < -0.3 is 25.1 Å². The normalized spacial score (nSPS) is 24.3. The third-order valence-corrected chi connectivity index (χ3v) is 4.83. The van der Waals surface area contributed by atoms with E-state index in [2.05, 4.69) is 34.4 Å². The lowest BCUT2D eigenvalue weighted by Crippen LogP contribution is -2.42. The fraction of sp³-hybridized carbons (Fsp3) is 0.750. The summed E-state index contributed by atoms with van der Waals surface area (Å²) in [6.07, 6.45) is 4.00. The van der Waals surface area contributed by atoms with E-state index in [0.717, 1.165) is 43.9 Å². The van der Waals surface area contributed by atoms with E-state index in [1.165, 1.54) is 19.5 Å². The SMILES string of the molecule is CCNC(=NCC(C)(O)c1ccco1)NCCCN1CC(C)CC(C)C1. The number of nitrogens with zero attached hydrogens (tertiary/aromatic N) is 2. The lowest BCUT2D eigenvalue weighted by molar-refractivity contribution is 0.0437. The quantitative estimate of drug-likeness (QED) is 0.375. The van der Waals surface area contributed by atoms with E-state index in [1.807, 2.05) is 6.92 Å². The Balaban J connectivity index is 1.77. The molecule has 1 aliphatic rings. The summed E-state index contributed by atoms with van der Waals surface area (Å²) in [6, 6.07) is 3.55. The Morgan fingerprint density at radius 3 is 2.69 bits per heavy atom. The minimum atomic E-state index is -1.11. The monoisotopic (exact) mass is 364 g/mol. The molecule has 6 heteroatoms. The van der Waals surface area contributed by atoms with Gasteiger partial charge in [0.25, 0.3) is 0 Å². The summed E-state index contributed by atoms with van der Waals surface area (Å²) in [7, 11) is 0. The van der Waals surface area contributed by atoms with Crippen LogP contribution < -0.4 is 10.6 Å². The minimum absolute atomic E-state index is 0.247. The van der Waals surface area contributed by atoms with Gasteiger partial charge in [-0.15, -0.1) is 0 Å². The number of aliphatic hydroxyl groups is 1. The Bertz CT molecular complexity index is 532. The van der Waals surface area contributed by atoms with Crippen LogP contribution in [0.15, 0.2) is 27.8 Å². The third kappa shape index (κ3) is 6.65. The molecule has 3 atom stereocenters. The van der Waals surface area contributed by atoms with E-state index in [9.17, 15) is 5.11 Å². The smallest absolute Gasteiger partial charge is 0.191 e. The Morgan fingerprint density at radius 2 is 2.08 bits per heavy atom. The Morgan fingerprint density at radius 1 is 1.35 bits per heavy atom. The summed E-state index contributed by atoms with van der Waals surface area (Å²) in [5.41, 5.74) is -1.11. The second-order valence-corrected chi connectivity index (χ2v) is 7.93. The molecule has 0 aromatic carbocycles. The first-order valence-corrected chi connectivity index (χ1v) is 9.91. The number of aliphatic imine (C=N–C) groups is 1. The van der Waals surface area contributed by atoms with Crippen molar-refractivity contribution in [3.8, 4) is 0 Å². The molecule has 0 amide bonds. The molecule has 2 rings (SSSR count). The van der Waals surface area contributed by atoms with Crippen molar-refractivity contribution in [1.82, 2.24) is 15.5 Å². The van der Waals surface area contributed by atoms with Gasteiger partial charge in [0.1, 0.15) is 11.4 Å². The average molecular weight is 365 g/mol. The van der Waals surface area contributed by atoms with Gasteiger partial charge in [-0.2, -0.15) is 0 Å². The topological polar surface area (TPSA) is 73.0 Å². The first-order valence-electron chi connectivity index (χ1n) is 9.91. The van der Waals surface area contributed by atoms with Gasteiger partial charge >= 0.3 is 0 Å². The fourth-order valence-electron chi connectivity index (χ4n) is 3.72. The Hall–Kier alpha value is -1.53. The standard InChI is InChI=1S/C20H36N4O2/c1-5-21-19(23-15-20(4,25)18-8-6-11-26-18)22-9-7-10-24-13-16(2)12-17(3)14-24/h6,8,11,16-17,25H,5,7,9-10,12-15H2,1-4H3,(H2,21,22,23). The van der Waals surface area contributed by atoms with E-state index in [-0.39, 0.29) is 6.54 Å². The maximum atomic E-state index is 10.5. The number of piperidine rings is 1. The highest BCUT2D eigenvalue weighted by molar-refractivity contribution is 5.79. The molecule has 0 spiro atoms. The van der Waals surface area contributed by atoms with E-state index in [1.54, 1.807) is 25.3 Å². The Kier molecular flexibility index (Phi) is 7.97. The van der Waals surface area contributed by atoms with E-state index < -0.39 is 5.60 Å². The highest BCUT2D eigenvalue weighted by atomic mass is 16.4. The number of likely N-dealkylation sites (tertiary alicyclic amines) is 1. The van der Waals surface area contributed by atoms with Crippen LogP contribution in [0.2, 0.25) is 0 Å². The summed E-state index contributed by atoms with van der Waals surface area (Å²) in [6.45, 7) is 13.9. The molecular formula is C20H36N4O2. The van der Waals surface area contributed by atoms with Crippen LogP contribution in [0.3, 0.4) is 0 Å². The highest BCUT2D eigenvalue weighted by Crippen LogP contribution is 2.21. The van der Waals surface area contributed by atoms with Crippen molar-refractivity contribution in [1.29, 1.82) is 0 Å². The zero-order chi connectivity index (χ0) is 19.0. The summed E-state index contributed by atoms with van der Waals surface area (Å²) in [5, 5.41) is 17.1. The van der Waals surface area contributed by atoms with Crippen molar-refractivity contribution in [3.05, 3.63) is 24.2 Å². The number of rotatable bonds is 8. The summed E-state index contributed by atoms with van der Waals surface area (Å²) in [4.78, 5) is 7.10. The molecule has 6 nitrogen and oxygen atoms in total. The second kappa shape index (κ2) is 9.97. The van der Waals surface area contributed by atoms with Gasteiger partial charge in [-0.3, -0.25) is 0 Å². The van der Waals surface area contributed by atoms with Crippen LogP contribution >= 0.6 is 0 Å². The van der Waals surface area contributed by atoms with Crippen LogP contribution in [0, 0.1) is 11.8 Å². The van der Waals surface area contributed by atoms with Gasteiger partial charge in [-0.25, -0.2) is 4.99 Å². The summed E-state index contributed by atoms with van der Waals surface area (Å²) in [5.74, 6) is 2.87. The van der Waals surface area contributed by atoms with Crippen molar-refractivity contribution in [3.63, 3.8) is 0 Å². The zero-order valence-electron chi connectivity index (χ0n) is 16.8. The molecule has 1 aliphatic heterocycles. The molecule has 3 N–H and O–H groups in total. The van der Waals surface area contributed by atoms with Crippen molar-refractivity contribution >= 4 is 5.96 Å². The molecule has 0 aliphatic carbocycles. The van der Waals surface area contributed by atoms with Gasteiger partial charge in [0.2, 0.25) is 0 Å². The molecule has 0 radical (unpaired) electrons. The van der Waals surface area contributed by atoms with E-state index >= 15 is 0 Å². The molecule has 1 saturated heterocycles. The number of hydrogen-bond acceptors (Lipinski definition) is 4. The number of nitrogens with one attached hydrogen (secondary N) is 2. The average Bonchev–Trinajstić information content (AvgIpc) is 3.11. The molecule has 1 fully saturated rings. The van der Waals surface area contributed by atoms with Crippen LogP contribution in [-0.4, -0.2) is 55.2 Å². The number of guanidine groups is 1. The molecule has 0 saturated carbocycles. The maximum absolute atomic E-state index is 10.5. The summed E-state index contributed by atoms with van der Waals surface area (Å²) < 4.78 is 5.31. The third-order valence-electron chi connectivity index (χ3n) is 4.83. The molecule has 1 aromatic heterocycles. The predicted octanol–water partition coefficient (Wildman–Crippen LogP) is 2.41. The van der Waals surface area contributed by atoms with Gasteiger partial charge in [-0.05, 0) is 57.2 Å². The van der Waals surface area contributed by atoms with Crippen LogP contribution in [0.5, 0.6) is 0 Å². The largest absolute Gasteiger partial charge is 0.466 e. The van der Waals surface area contributed by atoms with Crippen LogP contribution in [0.1, 0.15) is 46.3 Å². The van der Waals surface area contributed by atoms with Gasteiger partial charge in [0, 0.05) is 26.2 Å². The van der Waals surface area contributed by atoms with E-state index in [4.69, 9.17) is 4.42 Å². The van der Waals surface area contributed by atoms with Crippen LogP contribution in [-0.2, 0) is 5.60 Å². The molecule has 26 heavy (non-hydrogen) atoms. The van der Waals surface area contributed by atoms with Crippen molar-refractivity contribution < 1.29 is 9.52 Å². The van der Waals surface area contributed by atoms with Crippen LogP contribution in [0.4, 0.5) is 0 Å². The van der Waals surface area contributed by atoms with Gasteiger partial charge in [-0.1, -0.05) is 13.8 Å². The Labute approximate surface area is 158 Å². The van der Waals surface area contributed by atoms with Crippen molar-refractivity contribution in [2.45, 2.75) is 46.1 Å². The highest BCUT2D eigenvalue weighted by Gasteiger charge is 2.26. The lowest BCUT2D eigenvalue weighted by Gasteiger charge is -2.35. The molecular weight excluding hydrogens is 328 g/mol. The van der Waals surface area contributed by atoms with Crippen molar-refractivity contribution in [2.24, 2.45) is 16.8 Å². The number of hydrogen-bond donors (Lipinski definition) is 3. The van der Waals surface area contributed by atoms with Crippen LogP contribution in [0.25, 0.3) is 0 Å². The van der Waals surface area contributed by atoms with Crippen molar-refractivity contribution in [2.75, 3.05) is 39.3 Å². The van der Waals surface area contributed by atoms with Gasteiger partial charge in [0.05, 0.1) is 12.8 Å². The molecule has 2 heterocycles. The van der Waals surface area contributed by atoms with Gasteiger partial charge in [0.15, 0.2) is 5.96 Å². The molecule has 3 unspecified atom stereocenters. The zero-order valence-corrected chi connectivity index (χ0v) is 16.8. The molecule has 0 bridgehead atoms. The maximum Gasteiger partial charge on any atom is 0.191 e. The lowest BCUT2D eigenvalue weighted by atomic mass is 9.92.